The fourth-order valence-electron chi connectivity index (χ4n) is 1.88. The first-order valence-corrected chi connectivity index (χ1v) is 6.86. The summed E-state index contributed by atoms with van der Waals surface area (Å²) in [7, 11) is 1.76. The molecule has 0 saturated heterocycles. The summed E-state index contributed by atoms with van der Waals surface area (Å²) in [4.78, 5) is 24.5. The third-order valence-corrected chi connectivity index (χ3v) is 3.11. The van der Waals surface area contributed by atoms with Crippen LogP contribution in [0.25, 0.3) is 0 Å². The van der Waals surface area contributed by atoms with Gasteiger partial charge in [0, 0.05) is 20.1 Å². The highest BCUT2D eigenvalue weighted by Gasteiger charge is 2.10. The largest absolute Gasteiger partial charge is 0.478 e. The maximum atomic E-state index is 11.8. The van der Waals surface area contributed by atoms with Crippen molar-refractivity contribution < 1.29 is 14.7 Å². The Morgan fingerprint density at radius 3 is 2.65 bits per heavy atom. The number of urea groups is 1. The molecule has 0 spiro atoms. The summed E-state index contributed by atoms with van der Waals surface area (Å²) in [6.07, 6.45) is 2.53. The first-order chi connectivity index (χ1) is 9.56. The molecular weight excluding hydrogens is 256 g/mol. The number of hydrogen-bond donors (Lipinski definition) is 2. The number of amides is 2. The molecule has 20 heavy (non-hydrogen) atoms. The van der Waals surface area contributed by atoms with Crippen LogP contribution in [0.2, 0.25) is 0 Å². The number of carbonyl (C=O) groups is 2. The van der Waals surface area contributed by atoms with Crippen molar-refractivity contribution in [2.24, 2.45) is 0 Å². The van der Waals surface area contributed by atoms with Crippen molar-refractivity contribution in [3.05, 3.63) is 35.4 Å². The number of rotatable bonds is 7. The van der Waals surface area contributed by atoms with Crippen molar-refractivity contribution in [2.45, 2.75) is 26.2 Å². The summed E-state index contributed by atoms with van der Waals surface area (Å²) in [5.74, 6) is -0.938. The van der Waals surface area contributed by atoms with Crippen LogP contribution < -0.4 is 5.32 Å². The molecule has 0 aliphatic rings. The molecule has 5 heteroatoms. The molecule has 0 atom stereocenters. The Balaban J connectivity index is 2.45. The van der Waals surface area contributed by atoms with Gasteiger partial charge in [-0.2, -0.15) is 0 Å². The van der Waals surface area contributed by atoms with Crippen molar-refractivity contribution in [1.29, 1.82) is 0 Å². The van der Waals surface area contributed by atoms with Crippen molar-refractivity contribution >= 4 is 12.0 Å². The van der Waals surface area contributed by atoms with Gasteiger partial charge in [0.1, 0.15) is 0 Å². The molecule has 0 radical (unpaired) electrons. The highest BCUT2D eigenvalue weighted by Crippen LogP contribution is 2.09. The minimum atomic E-state index is -0.938. The molecule has 0 bridgehead atoms. The molecule has 0 saturated carbocycles. The second kappa shape index (κ2) is 8.19. The van der Waals surface area contributed by atoms with E-state index >= 15 is 0 Å². The predicted molar refractivity (Wildman–Crippen MR) is 78.0 cm³/mol. The number of nitrogens with one attached hydrogen (secondary N) is 1. The van der Waals surface area contributed by atoms with Crippen LogP contribution in [0.5, 0.6) is 0 Å². The lowest BCUT2D eigenvalue weighted by atomic mass is 10.0. The number of carboxylic acids is 1. The minimum absolute atomic E-state index is 0.119. The topological polar surface area (TPSA) is 69.6 Å². The third-order valence-electron chi connectivity index (χ3n) is 3.11. The molecule has 5 nitrogen and oxygen atoms in total. The van der Waals surface area contributed by atoms with Crippen molar-refractivity contribution in [3.8, 4) is 0 Å². The predicted octanol–water partition coefficient (Wildman–Crippen LogP) is 2.37. The van der Waals surface area contributed by atoms with Gasteiger partial charge in [-0.15, -0.1) is 0 Å². The Morgan fingerprint density at radius 2 is 2.00 bits per heavy atom. The Bertz CT molecular complexity index is 460. The number of aromatic carboxylic acids is 1. The average Bonchev–Trinajstić information content (AvgIpc) is 2.44. The van der Waals surface area contributed by atoms with E-state index in [0.29, 0.717) is 18.5 Å². The van der Waals surface area contributed by atoms with E-state index in [1.54, 1.807) is 36.2 Å². The monoisotopic (exact) mass is 278 g/mol. The van der Waals surface area contributed by atoms with Gasteiger partial charge in [0.05, 0.1) is 5.56 Å². The maximum absolute atomic E-state index is 11.8. The number of nitrogens with zero attached hydrogens (tertiary/aromatic N) is 1. The summed E-state index contributed by atoms with van der Waals surface area (Å²) >= 11 is 0. The lowest BCUT2D eigenvalue weighted by Gasteiger charge is -2.17. The zero-order chi connectivity index (χ0) is 15.0. The fourth-order valence-corrected chi connectivity index (χ4v) is 1.88. The van der Waals surface area contributed by atoms with Gasteiger partial charge >= 0.3 is 12.0 Å². The quantitative estimate of drug-likeness (QED) is 0.804. The summed E-state index contributed by atoms with van der Waals surface area (Å²) in [5, 5.41) is 11.9. The van der Waals surface area contributed by atoms with E-state index in [9.17, 15) is 9.59 Å². The molecule has 0 fully saturated rings. The van der Waals surface area contributed by atoms with Gasteiger partial charge in [0.15, 0.2) is 0 Å². The van der Waals surface area contributed by atoms with Crippen LogP contribution in [0.4, 0.5) is 4.79 Å². The molecule has 2 amide bonds. The van der Waals surface area contributed by atoms with Crippen LogP contribution in [0.3, 0.4) is 0 Å². The number of carboxylic acid groups (broad SMARTS) is 1. The lowest BCUT2D eigenvalue weighted by molar-refractivity contribution is 0.0695. The van der Waals surface area contributed by atoms with E-state index in [2.05, 4.69) is 12.2 Å². The maximum Gasteiger partial charge on any atom is 0.335 e. The SMILES string of the molecule is CCCCN(C)C(=O)NCCc1ccccc1C(=O)O. The van der Waals surface area contributed by atoms with Crippen LogP contribution in [-0.2, 0) is 6.42 Å². The summed E-state index contributed by atoms with van der Waals surface area (Å²) in [6, 6.07) is 6.73. The number of hydrogen-bond acceptors (Lipinski definition) is 2. The molecule has 0 aromatic heterocycles. The second-order valence-corrected chi connectivity index (χ2v) is 4.72. The second-order valence-electron chi connectivity index (χ2n) is 4.72. The molecule has 1 aromatic carbocycles. The van der Waals surface area contributed by atoms with E-state index < -0.39 is 5.97 Å². The van der Waals surface area contributed by atoms with Crippen LogP contribution in [-0.4, -0.2) is 42.1 Å². The standard InChI is InChI=1S/C15H22N2O3/c1-3-4-11-17(2)15(20)16-10-9-12-7-5-6-8-13(12)14(18)19/h5-8H,3-4,9-11H2,1-2H3,(H,16,20)(H,18,19). The Hall–Kier alpha value is -2.04. The first kappa shape index (κ1) is 16.0. The molecule has 0 heterocycles. The summed E-state index contributed by atoms with van der Waals surface area (Å²) < 4.78 is 0. The average molecular weight is 278 g/mol. The van der Waals surface area contributed by atoms with Crippen molar-refractivity contribution in [2.75, 3.05) is 20.1 Å². The third kappa shape index (κ3) is 4.91. The molecule has 0 aliphatic heterocycles. The highest BCUT2D eigenvalue weighted by atomic mass is 16.4. The number of carbonyl (C=O) groups excluding carboxylic acids is 1. The Morgan fingerprint density at radius 1 is 1.30 bits per heavy atom. The molecule has 2 N–H and O–H groups in total. The molecule has 0 unspecified atom stereocenters. The van der Waals surface area contributed by atoms with Crippen LogP contribution in [0.1, 0.15) is 35.7 Å². The lowest BCUT2D eigenvalue weighted by Crippen LogP contribution is -2.38. The Kier molecular flexibility index (Phi) is 6.56. The van der Waals surface area contributed by atoms with Gasteiger partial charge in [-0.05, 0) is 24.5 Å². The van der Waals surface area contributed by atoms with Crippen LogP contribution in [0, 0.1) is 0 Å². The molecule has 1 rings (SSSR count). The fraction of sp³-hybridized carbons (Fsp3) is 0.467. The van der Waals surface area contributed by atoms with E-state index in [1.807, 2.05) is 0 Å². The zero-order valence-electron chi connectivity index (χ0n) is 12.1. The molecule has 0 aliphatic carbocycles. The molecule has 1 aromatic rings. The molecular formula is C15H22N2O3. The summed E-state index contributed by atoms with van der Waals surface area (Å²) in [6.45, 7) is 3.24. The van der Waals surface area contributed by atoms with Gasteiger partial charge in [-0.25, -0.2) is 9.59 Å². The minimum Gasteiger partial charge on any atom is -0.478 e. The van der Waals surface area contributed by atoms with Gasteiger partial charge in [0.25, 0.3) is 0 Å². The van der Waals surface area contributed by atoms with Crippen molar-refractivity contribution in [1.82, 2.24) is 10.2 Å². The Labute approximate surface area is 119 Å². The van der Waals surface area contributed by atoms with Gasteiger partial charge in [-0.3, -0.25) is 0 Å². The van der Waals surface area contributed by atoms with Gasteiger partial charge in [0.2, 0.25) is 0 Å². The summed E-state index contributed by atoms with van der Waals surface area (Å²) in [5.41, 5.74) is 1.03. The number of benzene rings is 1. The van der Waals surface area contributed by atoms with E-state index in [-0.39, 0.29) is 6.03 Å². The van der Waals surface area contributed by atoms with Crippen LogP contribution >= 0.6 is 0 Å². The van der Waals surface area contributed by atoms with Crippen LogP contribution in [0.15, 0.2) is 24.3 Å². The number of unbranched alkanes of at least 4 members (excludes halogenated alkanes) is 1. The first-order valence-electron chi connectivity index (χ1n) is 6.86. The van der Waals surface area contributed by atoms with E-state index in [4.69, 9.17) is 5.11 Å². The van der Waals surface area contributed by atoms with E-state index in [0.717, 1.165) is 24.9 Å². The normalized spacial score (nSPS) is 10.1. The van der Waals surface area contributed by atoms with Crippen molar-refractivity contribution in [3.63, 3.8) is 0 Å². The smallest absolute Gasteiger partial charge is 0.335 e. The van der Waals surface area contributed by atoms with Gasteiger partial charge in [-0.1, -0.05) is 31.5 Å². The zero-order valence-corrected chi connectivity index (χ0v) is 12.1. The molecule has 110 valence electrons. The highest BCUT2D eigenvalue weighted by molar-refractivity contribution is 5.89. The van der Waals surface area contributed by atoms with E-state index in [1.165, 1.54) is 0 Å². The van der Waals surface area contributed by atoms with Gasteiger partial charge < -0.3 is 15.3 Å².